The summed E-state index contributed by atoms with van der Waals surface area (Å²) in [5.74, 6) is -1.69. The summed E-state index contributed by atoms with van der Waals surface area (Å²) >= 11 is 0. The molecule has 216 valence electrons. The zero-order chi connectivity index (χ0) is 27.8. The van der Waals surface area contributed by atoms with Crippen molar-refractivity contribution in [3.63, 3.8) is 0 Å². The van der Waals surface area contributed by atoms with E-state index in [1.807, 2.05) is 6.92 Å². The highest BCUT2D eigenvalue weighted by atomic mass is 16.7. The molecule has 0 aromatic rings. The smallest absolute Gasteiger partial charge is 0.335 e. The molecule has 5 aliphatic rings. The molecule has 0 aromatic heterocycles. The lowest BCUT2D eigenvalue weighted by molar-refractivity contribution is -0.293. The molecular formula is C27H42O11. The van der Waals surface area contributed by atoms with Crippen molar-refractivity contribution >= 4 is 11.8 Å². The summed E-state index contributed by atoms with van der Waals surface area (Å²) in [7, 11) is 0. The first-order chi connectivity index (χ1) is 17.7. The number of fused-ring (bicyclic) bond motifs is 5. The van der Waals surface area contributed by atoms with Crippen LogP contribution in [0.25, 0.3) is 0 Å². The lowest BCUT2D eigenvalue weighted by atomic mass is 9.43. The Morgan fingerprint density at radius 2 is 1.66 bits per heavy atom. The van der Waals surface area contributed by atoms with Gasteiger partial charge in [0.15, 0.2) is 18.2 Å². The fourth-order valence-electron chi connectivity index (χ4n) is 9.29. The van der Waals surface area contributed by atoms with Crippen LogP contribution in [-0.2, 0) is 19.1 Å². The molecule has 0 amide bonds. The van der Waals surface area contributed by atoms with Crippen LogP contribution >= 0.6 is 0 Å². The summed E-state index contributed by atoms with van der Waals surface area (Å²) in [4.78, 5) is 24.8. The van der Waals surface area contributed by atoms with E-state index in [1.165, 1.54) is 0 Å². The molecule has 4 saturated carbocycles. The minimum Gasteiger partial charge on any atom is -0.479 e. The SMILES string of the molecule is C[C@]12CC(O)C3[C@@H](CC[C@H]4C[C@H](O)CC[C@]34C)[C@@H]1CC[C@]2(O)C(=O)CO[C@@H]1O[C@H](C(=O)O)[C@@H](O)[C@H](O)[C@H]1O. The molecule has 0 spiro atoms. The lowest BCUT2D eigenvalue weighted by Gasteiger charge is -2.62. The average Bonchev–Trinajstić information content (AvgIpc) is 3.13. The van der Waals surface area contributed by atoms with Gasteiger partial charge in [-0.15, -0.1) is 0 Å². The molecule has 1 heterocycles. The minimum absolute atomic E-state index is 0.0133. The highest BCUT2D eigenvalue weighted by Crippen LogP contribution is 2.68. The molecule has 2 unspecified atom stereocenters. The summed E-state index contributed by atoms with van der Waals surface area (Å²) in [6, 6.07) is 0. The number of carbonyl (C=O) groups is 2. The number of ketones is 1. The number of hydrogen-bond acceptors (Lipinski definition) is 10. The Balaban J connectivity index is 1.32. The Morgan fingerprint density at radius 1 is 0.947 bits per heavy atom. The summed E-state index contributed by atoms with van der Waals surface area (Å²) in [5.41, 5.74) is -2.80. The molecule has 1 aliphatic heterocycles. The second-order valence-corrected chi connectivity index (χ2v) is 13.1. The molecule has 0 bridgehead atoms. The zero-order valence-corrected chi connectivity index (χ0v) is 22.0. The molecule has 5 rings (SSSR count). The summed E-state index contributed by atoms with van der Waals surface area (Å²) in [5, 5.41) is 72.9. The van der Waals surface area contributed by atoms with Crippen molar-refractivity contribution in [1.29, 1.82) is 0 Å². The first-order valence-corrected chi connectivity index (χ1v) is 13.9. The van der Waals surface area contributed by atoms with Crippen LogP contribution in [0.15, 0.2) is 0 Å². The van der Waals surface area contributed by atoms with Crippen LogP contribution < -0.4 is 0 Å². The topological polar surface area (TPSA) is 194 Å². The van der Waals surface area contributed by atoms with Crippen LogP contribution in [0.1, 0.15) is 65.2 Å². The third-order valence-corrected chi connectivity index (χ3v) is 11.4. The summed E-state index contributed by atoms with van der Waals surface area (Å²) in [6.45, 7) is 3.39. The Labute approximate surface area is 221 Å². The number of aliphatic hydroxyl groups is 6. The van der Waals surface area contributed by atoms with Crippen molar-refractivity contribution in [2.75, 3.05) is 6.61 Å². The second kappa shape index (κ2) is 9.73. The van der Waals surface area contributed by atoms with Crippen LogP contribution in [0, 0.1) is 34.5 Å². The fourth-order valence-corrected chi connectivity index (χ4v) is 9.29. The van der Waals surface area contributed by atoms with Crippen LogP contribution in [0.4, 0.5) is 0 Å². The van der Waals surface area contributed by atoms with E-state index in [0.29, 0.717) is 18.8 Å². The predicted octanol–water partition coefficient (Wildman–Crippen LogP) is -0.430. The summed E-state index contributed by atoms with van der Waals surface area (Å²) in [6.07, 6.45) is -4.90. The van der Waals surface area contributed by atoms with E-state index in [0.717, 1.165) is 25.7 Å². The van der Waals surface area contributed by atoms with Gasteiger partial charge in [-0.25, -0.2) is 4.79 Å². The molecule has 11 heteroatoms. The molecule has 14 atom stereocenters. The molecule has 4 aliphatic carbocycles. The third kappa shape index (κ3) is 4.08. The van der Waals surface area contributed by atoms with Gasteiger partial charge in [-0.1, -0.05) is 13.8 Å². The predicted molar refractivity (Wildman–Crippen MR) is 129 cm³/mol. The molecule has 0 radical (unpaired) electrons. The molecular weight excluding hydrogens is 500 g/mol. The number of Topliss-reactive ketones (excluding diaryl/α,β-unsaturated/α-hetero) is 1. The highest BCUT2D eigenvalue weighted by molar-refractivity contribution is 5.89. The summed E-state index contributed by atoms with van der Waals surface area (Å²) < 4.78 is 10.5. The number of rotatable bonds is 5. The molecule has 38 heavy (non-hydrogen) atoms. The van der Waals surface area contributed by atoms with Gasteiger partial charge < -0.3 is 45.2 Å². The van der Waals surface area contributed by atoms with Gasteiger partial charge in [0, 0.05) is 5.41 Å². The number of aliphatic carboxylic acids is 1. The number of aliphatic hydroxyl groups excluding tert-OH is 5. The van der Waals surface area contributed by atoms with Gasteiger partial charge in [0.2, 0.25) is 0 Å². The minimum atomic E-state index is -1.88. The fraction of sp³-hybridized carbons (Fsp3) is 0.926. The van der Waals surface area contributed by atoms with E-state index in [9.17, 15) is 45.3 Å². The number of ether oxygens (including phenoxy) is 2. The van der Waals surface area contributed by atoms with E-state index in [4.69, 9.17) is 9.47 Å². The Bertz CT molecular complexity index is 944. The maximum absolute atomic E-state index is 13.5. The standard InChI is InChI=1S/C27H42O11/c1-25-7-5-13(28)9-12(25)3-4-14-15-6-8-27(36,26(15,2)10-16(29)18(14)25)17(30)11-37-24-21(33)19(31)20(32)22(38-24)23(34)35/h12-16,18-22,24,28-29,31-33,36H,3-11H2,1-2H3,(H,34,35)/t12-,13+,14-,15-,16?,18?,19-,20-,21+,22-,24+,25-,26-,27-/m0/s1. The van der Waals surface area contributed by atoms with Gasteiger partial charge in [0.1, 0.15) is 30.5 Å². The molecule has 0 aromatic carbocycles. The van der Waals surface area contributed by atoms with Crippen molar-refractivity contribution < 1.29 is 54.8 Å². The van der Waals surface area contributed by atoms with E-state index < -0.39 is 66.2 Å². The molecule has 5 fully saturated rings. The highest BCUT2D eigenvalue weighted by Gasteiger charge is 2.68. The number of carboxylic acid groups (broad SMARTS) is 1. The van der Waals surface area contributed by atoms with Crippen molar-refractivity contribution in [2.24, 2.45) is 34.5 Å². The Morgan fingerprint density at radius 3 is 2.34 bits per heavy atom. The van der Waals surface area contributed by atoms with Crippen molar-refractivity contribution in [3.05, 3.63) is 0 Å². The average molecular weight is 543 g/mol. The van der Waals surface area contributed by atoms with Crippen molar-refractivity contribution in [2.45, 2.75) is 114 Å². The van der Waals surface area contributed by atoms with Gasteiger partial charge in [-0.2, -0.15) is 0 Å². The van der Waals surface area contributed by atoms with Gasteiger partial charge in [-0.05, 0) is 80.5 Å². The lowest BCUT2D eigenvalue weighted by Crippen LogP contribution is -2.63. The molecule has 7 N–H and O–H groups in total. The van der Waals surface area contributed by atoms with Gasteiger partial charge in [0.05, 0.1) is 12.2 Å². The monoisotopic (exact) mass is 542 g/mol. The molecule has 11 nitrogen and oxygen atoms in total. The maximum Gasteiger partial charge on any atom is 0.335 e. The third-order valence-electron chi connectivity index (χ3n) is 11.4. The Hall–Kier alpha value is -1.18. The second-order valence-electron chi connectivity index (χ2n) is 13.1. The van der Waals surface area contributed by atoms with Crippen molar-refractivity contribution in [3.8, 4) is 0 Å². The maximum atomic E-state index is 13.5. The van der Waals surface area contributed by atoms with Gasteiger partial charge >= 0.3 is 5.97 Å². The normalized spacial score (nSPS) is 54.5. The van der Waals surface area contributed by atoms with Crippen LogP contribution in [0.3, 0.4) is 0 Å². The quantitative estimate of drug-likeness (QED) is 0.238. The first-order valence-electron chi connectivity index (χ1n) is 13.9. The zero-order valence-electron chi connectivity index (χ0n) is 22.0. The first kappa shape index (κ1) is 28.4. The number of carbonyl (C=O) groups excluding carboxylic acids is 1. The molecule has 1 saturated heterocycles. The van der Waals surface area contributed by atoms with Gasteiger partial charge in [-0.3, -0.25) is 4.79 Å². The van der Waals surface area contributed by atoms with Crippen LogP contribution in [-0.4, -0.2) is 103 Å². The van der Waals surface area contributed by atoms with Crippen molar-refractivity contribution in [1.82, 2.24) is 0 Å². The number of carboxylic acids is 1. The number of hydrogen-bond donors (Lipinski definition) is 7. The van der Waals surface area contributed by atoms with E-state index >= 15 is 0 Å². The largest absolute Gasteiger partial charge is 0.479 e. The van der Waals surface area contributed by atoms with Gasteiger partial charge in [0.25, 0.3) is 0 Å². The van der Waals surface area contributed by atoms with E-state index in [-0.39, 0.29) is 42.1 Å². The van der Waals surface area contributed by atoms with E-state index in [1.54, 1.807) is 0 Å². The Kier molecular flexibility index (Phi) is 7.26. The van der Waals surface area contributed by atoms with E-state index in [2.05, 4.69) is 6.92 Å². The van der Waals surface area contributed by atoms with Crippen LogP contribution in [0.2, 0.25) is 0 Å². The van der Waals surface area contributed by atoms with Crippen LogP contribution in [0.5, 0.6) is 0 Å².